The van der Waals surface area contributed by atoms with E-state index in [4.69, 9.17) is 24.2 Å². The van der Waals surface area contributed by atoms with Gasteiger partial charge in [0, 0.05) is 17.9 Å². The van der Waals surface area contributed by atoms with Crippen LogP contribution in [-0.4, -0.2) is 63.9 Å². The van der Waals surface area contributed by atoms with Gasteiger partial charge in [0.25, 0.3) is 0 Å². The molecule has 0 spiro atoms. The number of amides is 1. The molecule has 0 N–H and O–H groups in total. The number of fused-ring (bicyclic) bond motifs is 5. The fourth-order valence-electron chi connectivity index (χ4n) is 7.07. The normalized spacial score (nSPS) is 30.4. The fourth-order valence-corrected chi connectivity index (χ4v) is 7.07. The molecule has 0 radical (unpaired) electrons. The molecule has 1 aromatic carbocycles. The van der Waals surface area contributed by atoms with E-state index >= 15 is 0 Å². The smallest absolute Gasteiger partial charge is 0.307 e. The van der Waals surface area contributed by atoms with Crippen LogP contribution >= 0.6 is 0 Å². The van der Waals surface area contributed by atoms with Crippen LogP contribution < -0.4 is 9.47 Å². The maximum absolute atomic E-state index is 14.3. The third-order valence-corrected chi connectivity index (χ3v) is 9.82. The lowest BCUT2D eigenvalue weighted by Crippen LogP contribution is -2.48. The lowest BCUT2D eigenvalue weighted by Gasteiger charge is -2.35. The molecule has 2 bridgehead atoms. The first-order valence-corrected chi connectivity index (χ1v) is 15.9. The minimum absolute atomic E-state index is 0.0176. The topological polar surface area (TPSA) is 108 Å². The van der Waals surface area contributed by atoms with E-state index in [0.29, 0.717) is 35.9 Å². The van der Waals surface area contributed by atoms with Crippen molar-refractivity contribution >= 4 is 28.7 Å². The number of nitrogens with zero attached hydrogens (tertiary/aromatic N) is 3. The van der Waals surface area contributed by atoms with Crippen molar-refractivity contribution < 1.29 is 28.6 Å². The van der Waals surface area contributed by atoms with Crippen LogP contribution in [0.2, 0.25) is 0 Å². The number of Topliss-reactive ketones (excluding diaryl/α,β-unsaturated/α-hetero) is 1. The van der Waals surface area contributed by atoms with E-state index in [2.05, 4.69) is 0 Å². The summed E-state index contributed by atoms with van der Waals surface area (Å²) in [5.41, 5.74) is 1.25. The molecular formula is C34H47N3O6. The Labute approximate surface area is 255 Å². The summed E-state index contributed by atoms with van der Waals surface area (Å²) in [4.78, 5) is 52.2. The summed E-state index contributed by atoms with van der Waals surface area (Å²) in [6.45, 7) is 11.7. The summed E-state index contributed by atoms with van der Waals surface area (Å²) in [7, 11) is 1.62. The van der Waals surface area contributed by atoms with Crippen LogP contribution in [0.15, 0.2) is 18.2 Å². The van der Waals surface area contributed by atoms with Crippen molar-refractivity contribution in [3.8, 4) is 11.6 Å². The number of methoxy groups -OCH3 is 1. The number of aromatic nitrogens is 2. The molecule has 2 fully saturated rings. The van der Waals surface area contributed by atoms with Gasteiger partial charge in [0.1, 0.15) is 23.1 Å². The lowest BCUT2D eigenvalue weighted by molar-refractivity contribution is -0.158. The zero-order chi connectivity index (χ0) is 31.1. The highest BCUT2D eigenvalue weighted by molar-refractivity contribution is 5.91. The number of carbonyl (C=O) groups is 3. The molecule has 3 aliphatic rings. The summed E-state index contributed by atoms with van der Waals surface area (Å²) in [5, 5.41) is 0. The standard InChI is InChI=1S/C34H47N3O6/c1-8-23-28-19-37(30(23)20(2)38)32(40)24(33(3,4)5)17-29(39)43-34(6)18-21(34)12-10-9-11-13-26-31(42-28)36-27-16-22(41-7)14-15-25(27)35-26/h14-16,21,23-24,28,30H,8-13,17-19H2,1-7H3/t21-,23-,24-,28+,30-,34-/m1/s1. The van der Waals surface area contributed by atoms with Gasteiger partial charge in [-0.05, 0) is 63.5 Å². The van der Waals surface area contributed by atoms with Crippen molar-refractivity contribution in [2.45, 2.75) is 111 Å². The number of esters is 1. The summed E-state index contributed by atoms with van der Waals surface area (Å²) >= 11 is 0. The highest BCUT2D eigenvalue weighted by atomic mass is 16.6. The highest BCUT2D eigenvalue weighted by Crippen LogP contribution is 2.50. The number of hydrogen-bond donors (Lipinski definition) is 0. The number of aryl methyl sites for hydroxylation is 1. The summed E-state index contributed by atoms with van der Waals surface area (Å²) in [6.07, 6.45) is 5.70. The fraction of sp³-hybridized carbons (Fsp3) is 0.676. The van der Waals surface area contributed by atoms with Crippen molar-refractivity contribution in [3.63, 3.8) is 0 Å². The molecule has 1 aliphatic carbocycles. The minimum Gasteiger partial charge on any atom is -0.497 e. The summed E-state index contributed by atoms with van der Waals surface area (Å²) in [5.74, 6) is -0.0320. The quantitative estimate of drug-likeness (QED) is 0.417. The average molecular weight is 594 g/mol. The van der Waals surface area contributed by atoms with Gasteiger partial charge in [-0.15, -0.1) is 0 Å². The second kappa shape index (κ2) is 12.0. The van der Waals surface area contributed by atoms with Gasteiger partial charge in [0.15, 0.2) is 5.78 Å². The molecule has 2 aliphatic heterocycles. The molecule has 2 aromatic rings. The van der Waals surface area contributed by atoms with Crippen LogP contribution in [0.3, 0.4) is 0 Å². The Hall–Kier alpha value is -3.23. The third kappa shape index (κ3) is 6.50. The predicted octanol–water partition coefficient (Wildman–Crippen LogP) is 5.70. The molecule has 5 rings (SSSR count). The van der Waals surface area contributed by atoms with Gasteiger partial charge in [-0.3, -0.25) is 14.4 Å². The second-order valence-corrected chi connectivity index (χ2v) is 14.0. The van der Waals surface area contributed by atoms with Crippen LogP contribution in [0.1, 0.15) is 92.2 Å². The maximum Gasteiger partial charge on any atom is 0.307 e. The van der Waals surface area contributed by atoms with Gasteiger partial charge < -0.3 is 19.1 Å². The van der Waals surface area contributed by atoms with E-state index in [1.165, 1.54) is 6.92 Å². The van der Waals surface area contributed by atoms with Crippen molar-refractivity contribution in [1.82, 2.24) is 14.9 Å². The molecule has 6 atom stereocenters. The highest BCUT2D eigenvalue weighted by Gasteiger charge is 2.54. The Morgan fingerprint density at radius 2 is 1.91 bits per heavy atom. The molecular weight excluding hydrogens is 546 g/mol. The van der Waals surface area contributed by atoms with E-state index < -0.39 is 29.1 Å². The van der Waals surface area contributed by atoms with Crippen LogP contribution in [0, 0.1) is 23.2 Å². The van der Waals surface area contributed by atoms with Crippen molar-refractivity contribution in [2.24, 2.45) is 23.2 Å². The number of benzene rings is 1. The number of carbonyl (C=O) groups excluding carboxylic acids is 3. The molecule has 43 heavy (non-hydrogen) atoms. The average Bonchev–Trinajstić information content (AvgIpc) is 3.41. The summed E-state index contributed by atoms with van der Waals surface area (Å²) < 4.78 is 18.1. The Morgan fingerprint density at radius 1 is 1.14 bits per heavy atom. The van der Waals surface area contributed by atoms with Crippen LogP contribution in [0.5, 0.6) is 11.6 Å². The molecule has 0 unspecified atom stereocenters. The van der Waals surface area contributed by atoms with Crippen LogP contribution in [-0.2, 0) is 25.5 Å². The largest absolute Gasteiger partial charge is 0.497 e. The first-order chi connectivity index (χ1) is 20.3. The predicted molar refractivity (Wildman–Crippen MR) is 163 cm³/mol. The monoisotopic (exact) mass is 593 g/mol. The molecule has 9 heteroatoms. The van der Waals surface area contributed by atoms with Crippen molar-refractivity contribution in [1.29, 1.82) is 0 Å². The summed E-state index contributed by atoms with van der Waals surface area (Å²) in [6, 6.07) is 4.98. The van der Waals surface area contributed by atoms with Gasteiger partial charge in [-0.25, -0.2) is 9.97 Å². The SMILES string of the molecule is CC[C@@H]1[C@@H]2CN(C(=O)[C@H](C(C)(C)C)CC(=O)O[C@]3(C)C[C@H]3CCCCCc3nc4ccc(OC)cc4nc3O2)[C@@H]1C(C)=O. The van der Waals surface area contributed by atoms with Gasteiger partial charge in [0.2, 0.25) is 11.8 Å². The molecule has 1 saturated heterocycles. The van der Waals surface area contributed by atoms with Gasteiger partial charge in [-0.1, -0.05) is 40.5 Å². The Morgan fingerprint density at radius 3 is 2.58 bits per heavy atom. The van der Waals surface area contributed by atoms with E-state index in [1.54, 1.807) is 12.0 Å². The minimum atomic E-state index is -0.646. The Kier molecular flexibility index (Phi) is 8.74. The van der Waals surface area contributed by atoms with E-state index in [1.807, 2.05) is 52.8 Å². The third-order valence-electron chi connectivity index (χ3n) is 9.82. The first kappa shape index (κ1) is 31.2. The van der Waals surface area contributed by atoms with Crippen LogP contribution in [0.25, 0.3) is 11.0 Å². The molecule has 1 amide bonds. The molecule has 1 aromatic heterocycles. The molecule has 9 nitrogen and oxygen atoms in total. The Balaban J connectivity index is 1.54. The maximum atomic E-state index is 14.3. The van der Waals surface area contributed by atoms with Gasteiger partial charge >= 0.3 is 5.97 Å². The van der Waals surface area contributed by atoms with Gasteiger partial charge in [-0.2, -0.15) is 0 Å². The van der Waals surface area contributed by atoms with Gasteiger partial charge in [0.05, 0.1) is 43.1 Å². The molecule has 3 heterocycles. The zero-order valence-electron chi connectivity index (χ0n) is 26.8. The van der Waals surface area contributed by atoms with E-state index in [9.17, 15) is 14.4 Å². The number of hydrogen-bond acceptors (Lipinski definition) is 8. The molecule has 234 valence electrons. The lowest BCUT2D eigenvalue weighted by atomic mass is 9.77. The van der Waals surface area contributed by atoms with Crippen molar-refractivity contribution in [3.05, 3.63) is 23.9 Å². The number of ketones is 1. The van der Waals surface area contributed by atoms with E-state index in [-0.39, 0.29) is 36.5 Å². The first-order valence-electron chi connectivity index (χ1n) is 15.9. The van der Waals surface area contributed by atoms with Crippen LogP contribution in [0.4, 0.5) is 0 Å². The van der Waals surface area contributed by atoms with Crippen molar-refractivity contribution in [2.75, 3.05) is 13.7 Å². The Bertz CT molecular complexity index is 1390. The molecule has 1 saturated carbocycles. The van der Waals surface area contributed by atoms with E-state index in [0.717, 1.165) is 43.3 Å². The number of ether oxygens (including phenoxy) is 3. The number of rotatable bonds is 3. The zero-order valence-corrected chi connectivity index (χ0v) is 26.8. The second-order valence-electron chi connectivity index (χ2n) is 14.0.